The van der Waals surface area contributed by atoms with Crippen molar-refractivity contribution in [2.45, 2.75) is 57.2 Å². The van der Waals surface area contributed by atoms with E-state index in [1.807, 2.05) is 58.0 Å². The zero-order valence-corrected chi connectivity index (χ0v) is 18.4. The molecule has 0 amide bonds. The summed E-state index contributed by atoms with van der Waals surface area (Å²) in [5.41, 5.74) is 2.12. The van der Waals surface area contributed by atoms with Gasteiger partial charge in [-0.15, -0.1) is 0 Å². The van der Waals surface area contributed by atoms with Gasteiger partial charge in [-0.3, -0.25) is 9.78 Å². The van der Waals surface area contributed by atoms with Gasteiger partial charge in [0.1, 0.15) is 5.75 Å². The van der Waals surface area contributed by atoms with Crippen molar-refractivity contribution in [3.05, 3.63) is 42.1 Å². The first-order valence-corrected chi connectivity index (χ1v) is 10.2. The minimum absolute atomic E-state index is 0.189. The molecule has 1 aliphatic carbocycles. The van der Waals surface area contributed by atoms with Crippen LogP contribution in [-0.4, -0.2) is 43.5 Å². The van der Waals surface area contributed by atoms with Crippen LogP contribution < -0.4 is 10.2 Å². The number of benzene rings is 1. The fraction of sp³-hybridized carbons (Fsp3) is 0.478. The van der Waals surface area contributed by atoms with Crippen molar-refractivity contribution >= 4 is 18.6 Å². The second-order valence-electron chi connectivity index (χ2n) is 9.05. The summed E-state index contributed by atoms with van der Waals surface area (Å²) in [4.78, 5) is 16.7. The topological polar surface area (TPSA) is 66.9 Å². The molecule has 4 rings (SSSR count). The normalized spacial score (nSPS) is 20.7. The molecule has 1 aromatic heterocycles. The SMILES string of the molecule is COC(=O)C1(c2ccc(-c3ccc(B4OC(C)(C)C(C)(C)O4)c(OC)c3)nc2)CC1. The van der Waals surface area contributed by atoms with Gasteiger partial charge >= 0.3 is 13.1 Å². The Morgan fingerprint density at radius 2 is 1.70 bits per heavy atom. The van der Waals surface area contributed by atoms with E-state index in [-0.39, 0.29) is 5.97 Å². The first kappa shape index (κ1) is 20.9. The fourth-order valence-corrected chi connectivity index (χ4v) is 3.81. The van der Waals surface area contributed by atoms with Crippen molar-refractivity contribution < 1.29 is 23.6 Å². The Balaban J connectivity index is 1.60. The molecule has 0 bridgehead atoms. The van der Waals surface area contributed by atoms with Gasteiger partial charge in [-0.05, 0) is 58.2 Å². The number of carbonyl (C=O) groups excluding carboxylic acids is 1. The molecule has 2 fully saturated rings. The smallest absolute Gasteiger partial charge is 0.497 e. The van der Waals surface area contributed by atoms with Gasteiger partial charge in [0.05, 0.1) is 36.5 Å². The van der Waals surface area contributed by atoms with E-state index < -0.39 is 23.7 Å². The number of pyridine rings is 1. The molecule has 0 unspecified atom stereocenters. The zero-order chi connectivity index (χ0) is 21.7. The molecular formula is C23H28BNO5. The predicted molar refractivity (Wildman–Crippen MR) is 115 cm³/mol. The van der Waals surface area contributed by atoms with Gasteiger partial charge in [0, 0.05) is 17.2 Å². The van der Waals surface area contributed by atoms with E-state index in [9.17, 15) is 4.79 Å². The van der Waals surface area contributed by atoms with Crippen LogP contribution in [0.2, 0.25) is 0 Å². The van der Waals surface area contributed by atoms with E-state index in [4.69, 9.17) is 18.8 Å². The van der Waals surface area contributed by atoms with Crippen molar-refractivity contribution in [2.24, 2.45) is 0 Å². The Labute approximate surface area is 178 Å². The summed E-state index contributed by atoms with van der Waals surface area (Å²) in [6.07, 6.45) is 3.38. The van der Waals surface area contributed by atoms with Gasteiger partial charge in [-0.1, -0.05) is 18.2 Å². The van der Waals surface area contributed by atoms with Crippen molar-refractivity contribution in [1.29, 1.82) is 0 Å². The highest BCUT2D eigenvalue weighted by molar-refractivity contribution is 6.63. The summed E-state index contributed by atoms with van der Waals surface area (Å²) in [6.45, 7) is 8.11. The quantitative estimate of drug-likeness (QED) is 0.558. The third-order valence-electron chi connectivity index (χ3n) is 6.68. The number of methoxy groups -OCH3 is 2. The molecule has 1 aromatic carbocycles. The number of hydrogen-bond acceptors (Lipinski definition) is 6. The van der Waals surface area contributed by atoms with Gasteiger partial charge in [0.25, 0.3) is 0 Å². The average Bonchev–Trinajstić information content (AvgIpc) is 3.50. The molecule has 0 N–H and O–H groups in total. The van der Waals surface area contributed by atoms with Gasteiger partial charge in [0.15, 0.2) is 0 Å². The standard InChI is InChI=1S/C23H28BNO5/c1-21(2)22(3,4)30-24(29-21)17-9-7-15(13-19(17)27-5)18-10-8-16(14-25-18)23(11-12-23)20(26)28-6/h7-10,13-14H,11-12H2,1-6H3. The largest absolute Gasteiger partial charge is 0.498 e. The van der Waals surface area contributed by atoms with E-state index >= 15 is 0 Å². The number of ether oxygens (including phenoxy) is 2. The van der Waals surface area contributed by atoms with Crippen molar-refractivity contribution in [3.8, 4) is 17.0 Å². The molecule has 1 aliphatic heterocycles. The molecule has 0 radical (unpaired) electrons. The molecule has 158 valence electrons. The first-order valence-electron chi connectivity index (χ1n) is 10.2. The Bertz CT molecular complexity index is 950. The summed E-state index contributed by atoms with van der Waals surface area (Å²) < 4.78 is 22.9. The van der Waals surface area contributed by atoms with Crippen LogP contribution in [0.5, 0.6) is 5.75 Å². The minimum atomic E-state index is -0.515. The Morgan fingerprint density at radius 1 is 1.03 bits per heavy atom. The maximum atomic E-state index is 12.1. The van der Waals surface area contributed by atoms with Crippen LogP contribution >= 0.6 is 0 Å². The maximum absolute atomic E-state index is 12.1. The lowest BCUT2D eigenvalue weighted by atomic mass is 9.77. The molecule has 2 aliphatic rings. The monoisotopic (exact) mass is 409 g/mol. The lowest BCUT2D eigenvalue weighted by Gasteiger charge is -2.32. The molecule has 2 aromatic rings. The Kier molecular flexibility index (Phi) is 4.94. The summed E-state index contributed by atoms with van der Waals surface area (Å²) >= 11 is 0. The molecule has 0 atom stereocenters. The predicted octanol–water partition coefficient (Wildman–Crippen LogP) is 3.26. The molecule has 1 saturated heterocycles. The minimum Gasteiger partial charge on any atom is -0.497 e. The highest BCUT2D eigenvalue weighted by Crippen LogP contribution is 2.49. The molecule has 6 nitrogen and oxygen atoms in total. The van der Waals surface area contributed by atoms with E-state index in [1.54, 1.807) is 13.3 Å². The van der Waals surface area contributed by atoms with E-state index in [0.29, 0.717) is 5.75 Å². The maximum Gasteiger partial charge on any atom is 0.498 e. The second-order valence-corrected chi connectivity index (χ2v) is 9.05. The Morgan fingerprint density at radius 3 is 2.20 bits per heavy atom. The zero-order valence-electron chi connectivity index (χ0n) is 18.4. The highest BCUT2D eigenvalue weighted by atomic mass is 16.7. The van der Waals surface area contributed by atoms with E-state index in [0.717, 1.165) is 35.1 Å². The molecular weight excluding hydrogens is 381 g/mol. The van der Waals surface area contributed by atoms with Crippen LogP contribution in [0.4, 0.5) is 0 Å². The molecule has 2 heterocycles. The van der Waals surface area contributed by atoms with Crippen LogP contribution in [-0.2, 0) is 24.3 Å². The molecule has 7 heteroatoms. The second kappa shape index (κ2) is 7.10. The molecule has 1 saturated carbocycles. The number of esters is 1. The van der Waals surface area contributed by atoms with Crippen LogP contribution in [0.1, 0.15) is 46.1 Å². The number of nitrogens with zero attached hydrogens (tertiary/aromatic N) is 1. The third-order valence-corrected chi connectivity index (χ3v) is 6.68. The van der Waals surface area contributed by atoms with Gasteiger partial charge in [0.2, 0.25) is 0 Å². The summed E-state index contributed by atoms with van der Waals surface area (Å²) in [6, 6.07) is 9.78. The summed E-state index contributed by atoms with van der Waals surface area (Å²) in [5, 5.41) is 0. The molecule has 30 heavy (non-hydrogen) atoms. The third kappa shape index (κ3) is 3.30. The van der Waals surface area contributed by atoms with Crippen LogP contribution in [0.25, 0.3) is 11.3 Å². The average molecular weight is 409 g/mol. The van der Waals surface area contributed by atoms with E-state index in [1.165, 1.54) is 7.11 Å². The first-order chi connectivity index (χ1) is 14.1. The summed E-state index contributed by atoms with van der Waals surface area (Å²) in [5.74, 6) is 0.496. The van der Waals surface area contributed by atoms with Gasteiger partial charge < -0.3 is 18.8 Å². The Hall–Kier alpha value is -2.38. The van der Waals surface area contributed by atoms with Gasteiger partial charge in [-0.25, -0.2) is 0 Å². The van der Waals surface area contributed by atoms with Crippen LogP contribution in [0, 0.1) is 0 Å². The fourth-order valence-electron chi connectivity index (χ4n) is 3.81. The van der Waals surface area contributed by atoms with Gasteiger partial charge in [-0.2, -0.15) is 0 Å². The van der Waals surface area contributed by atoms with Crippen LogP contribution in [0.15, 0.2) is 36.5 Å². The molecule has 0 spiro atoms. The number of hydrogen-bond donors (Lipinski definition) is 0. The van der Waals surface area contributed by atoms with Crippen molar-refractivity contribution in [1.82, 2.24) is 4.98 Å². The lowest BCUT2D eigenvalue weighted by molar-refractivity contribution is -0.143. The van der Waals surface area contributed by atoms with Crippen LogP contribution in [0.3, 0.4) is 0 Å². The van der Waals surface area contributed by atoms with E-state index in [2.05, 4.69) is 4.98 Å². The number of rotatable bonds is 5. The van der Waals surface area contributed by atoms with Crippen molar-refractivity contribution in [3.63, 3.8) is 0 Å². The number of aromatic nitrogens is 1. The summed E-state index contributed by atoms with van der Waals surface area (Å²) in [7, 11) is 2.57. The number of carbonyl (C=O) groups is 1. The van der Waals surface area contributed by atoms with Crippen molar-refractivity contribution in [2.75, 3.05) is 14.2 Å². The lowest BCUT2D eigenvalue weighted by Crippen LogP contribution is -2.41. The highest BCUT2D eigenvalue weighted by Gasteiger charge is 2.53.